The fourth-order valence-corrected chi connectivity index (χ4v) is 2.79. The quantitative estimate of drug-likeness (QED) is 0.659. The van der Waals surface area contributed by atoms with Gasteiger partial charge < -0.3 is 10.3 Å². The number of amides is 1. The molecule has 0 aliphatic carbocycles. The minimum Gasteiger partial charge on any atom is -0.335 e. The van der Waals surface area contributed by atoms with Crippen LogP contribution < -0.4 is 11.3 Å². The fraction of sp³-hybridized carbons (Fsp3) is 0.538. The highest BCUT2D eigenvalue weighted by atomic mass is 35.5. The molecule has 1 aromatic rings. The van der Waals surface area contributed by atoms with Crippen LogP contribution in [0.4, 0.5) is 5.82 Å². The zero-order valence-corrected chi connectivity index (χ0v) is 11.9. The van der Waals surface area contributed by atoms with E-state index in [0.29, 0.717) is 28.4 Å². The molecule has 3 N–H and O–H groups in total. The van der Waals surface area contributed by atoms with Gasteiger partial charge in [0.15, 0.2) is 5.82 Å². The Bertz CT molecular complexity index is 478. The predicted octanol–water partition coefficient (Wildman–Crippen LogP) is 2.28. The Morgan fingerprint density at radius 3 is 2.95 bits per heavy atom. The van der Waals surface area contributed by atoms with Crippen molar-refractivity contribution in [1.29, 1.82) is 0 Å². The fourth-order valence-electron chi connectivity index (χ4n) is 2.56. The second kappa shape index (κ2) is 5.75. The van der Waals surface area contributed by atoms with Gasteiger partial charge in [-0.3, -0.25) is 4.79 Å². The number of hydrogen-bond donors (Lipinski definition) is 2. The molecule has 2 rings (SSSR count). The summed E-state index contributed by atoms with van der Waals surface area (Å²) in [5, 5.41) is 0.355. The Hall–Kier alpha value is -1.33. The smallest absolute Gasteiger partial charge is 0.255 e. The van der Waals surface area contributed by atoms with Crippen LogP contribution in [0.2, 0.25) is 5.02 Å². The molecule has 1 amide bonds. The third-order valence-corrected chi connectivity index (χ3v) is 3.84. The van der Waals surface area contributed by atoms with Crippen LogP contribution in [0, 0.1) is 5.92 Å². The lowest BCUT2D eigenvalue weighted by Gasteiger charge is -2.27. The second-order valence-corrected chi connectivity index (χ2v) is 5.56. The number of nitrogens with zero attached hydrogens (tertiary/aromatic N) is 2. The van der Waals surface area contributed by atoms with E-state index in [9.17, 15) is 4.79 Å². The van der Waals surface area contributed by atoms with Crippen LogP contribution in [0.15, 0.2) is 12.3 Å². The molecule has 5 nitrogen and oxygen atoms in total. The van der Waals surface area contributed by atoms with Gasteiger partial charge in [-0.05, 0) is 24.8 Å². The van der Waals surface area contributed by atoms with Gasteiger partial charge in [-0.2, -0.15) is 0 Å². The van der Waals surface area contributed by atoms with Crippen molar-refractivity contribution in [2.45, 2.75) is 32.7 Å². The van der Waals surface area contributed by atoms with Gasteiger partial charge in [0, 0.05) is 18.8 Å². The molecular weight excluding hydrogens is 264 g/mol. The van der Waals surface area contributed by atoms with Crippen LogP contribution in [0.3, 0.4) is 0 Å². The number of carbonyl (C=O) groups is 1. The highest BCUT2D eigenvalue weighted by molar-refractivity contribution is 6.33. The average Bonchev–Trinajstić information content (AvgIpc) is 2.87. The Kier molecular flexibility index (Phi) is 4.27. The Morgan fingerprint density at radius 2 is 2.37 bits per heavy atom. The van der Waals surface area contributed by atoms with E-state index >= 15 is 0 Å². The van der Waals surface area contributed by atoms with E-state index in [4.69, 9.17) is 17.4 Å². The number of likely N-dealkylation sites (tertiary alicyclic amines) is 1. The molecule has 1 fully saturated rings. The number of halogens is 1. The van der Waals surface area contributed by atoms with Gasteiger partial charge in [-0.25, -0.2) is 10.8 Å². The first-order valence-electron chi connectivity index (χ1n) is 6.47. The molecule has 1 saturated heterocycles. The summed E-state index contributed by atoms with van der Waals surface area (Å²) in [7, 11) is 0. The van der Waals surface area contributed by atoms with Crippen molar-refractivity contribution in [3.8, 4) is 0 Å². The number of aromatic nitrogens is 1. The van der Waals surface area contributed by atoms with E-state index in [1.807, 2.05) is 4.90 Å². The number of carbonyl (C=O) groups excluding carboxylic acids is 1. The number of hydrazine groups is 1. The highest BCUT2D eigenvalue weighted by Crippen LogP contribution is 2.27. The molecular formula is C13H19ClN4O. The standard InChI is InChI=1S/C13H19ClN4O/c1-8(2)11-4-3-5-18(11)13(19)9-6-10(14)12(17-15)16-7-9/h6-8,11H,3-5,15H2,1-2H3,(H,16,17). The maximum Gasteiger partial charge on any atom is 0.255 e. The molecule has 1 aliphatic heterocycles. The SMILES string of the molecule is CC(C)C1CCCN1C(=O)c1cnc(NN)c(Cl)c1. The van der Waals surface area contributed by atoms with Crippen molar-refractivity contribution < 1.29 is 4.79 Å². The highest BCUT2D eigenvalue weighted by Gasteiger charge is 2.31. The normalized spacial score (nSPS) is 19.0. The minimum atomic E-state index is -0.00540. The third-order valence-electron chi connectivity index (χ3n) is 3.55. The van der Waals surface area contributed by atoms with Gasteiger partial charge in [0.1, 0.15) is 0 Å². The summed E-state index contributed by atoms with van der Waals surface area (Å²) in [5.74, 6) is 6.10. The van der Waals surface area contributed by atoms with E-state index in [1.165, 1.54) is 6.20 Å². The monoisotopic (exact) mass is 282 g/mol. The van der Waals surface area contributed by atoms with Gasteiger partial charge in [-0.15, -0.1) is 0 Å². The molecule has 0 saturated carbocycles. The van der Waals surface area contributed by atoms with E-state index < -0.39 is 0 Å². The number of rotatable bonds is 3. The number of nitrogens with two attached hydrogens (primary N) is 1. The molecule has 6 heteroatoms. The number of nitrogen functional groups attached to an aromatic ring is 1. The molecule has 1 unspecified atom stereocenters. The van der Waals surface area contributed by atoms with Crippen LogP contribution in [-0.4, -0.2) is 28.4 Å². The summed E-state index contributed by atoms with van der Waals surface area (Å²) in [5.41, 5.74) is 2.90. The maximum atomic E-state index is 12.5. The minimum absolute atomic E-state index is 0.00540. The molecule has 0 spiro atoms. The lowest BCUT2D eigenvalue weighted by molar-refractivity contribution is 0.0701. The lowest BCUT2D eigenvalue weighted by Crippen LogP contribution is -2.38. The zero-order chi connectivity index (χ0) is 14.0. The first kappa shape index (κ1) is 14.1. The first-order valence-corrected chi connectivity index (χ1v) is 6.85. The second-order valence-electron chi connectivity index (χ2n) is 5.15. The molecule has 0 bridgehead atoms. The predicted molar refractivity (Wildman–Crippen MR) is 76.0 cm³/mol. The summed E-state index contributed by atoms with van der Waals surface area (Å²) in [4.78, 5) is 18.5. The lowest BCUT2D eigenvalue weighted by atomic mass is 10.0. The van der Waals surface area contributed by atoms with Crippen LogP contribution in [0.25, 0.3) is 0 Å². The maximum absolute atomic E-state index is 12.5. The number of nitrogens with one attached hydrogen (secondary N) is 1. The Balaban J connectivity index is 2.22. The summed E-state index contributed by atoms with van der Waals surface area (Å²) in [6.45, 7) is 5.09. The van der Waals surface area contributed by atoms with Gasteiger partial charge >= 0.3 is 0 Å². The molecule has 0 radical (unpaired) electrons. The molecule has 1 aliphatic rings. The number of anilines is 1. The van der Waals surface area contributed by atoms with Gasteiger partial charge in [0.2, 0.25) is 0 Å². The van der Waals surface area contributed by atoms with E-state index in [0.717, 1.165) is 19.4 Å². The summed E-state index contributed by atoms with van der Waals surface area (Å²) in [6.07, 6.45) is 3.63. The van der Waals surface area contributed by atoms with Crippen LogP contribution >= 0.6 is 11.6 Å². The topological polar surface area (TPSA) is 71.2 Å². The largest absolute Gasteiger partial charge is 0.335 e. The van der Waals surface area contributed by atoms with Crippen LogP contribution in [0.1, 0.15) is 37.0 Å². The van der Waals surface area contributed by atoms with Gasteiger partial charge in [0.25, 0.3) is 5.91 Å². The summed E-state index contributed by atoms with van der Waals surface area (Å²) in [6, 6.07) is 1.92. The van der Waals surface area contributed by atoms with Crippen molar-refractivity contribution in [2.75, 3.05) is 12.0 Å². The Morgan fingerprint density at radius 1 is 1.63 bits per heavy atom. The molecule has 1 aromatic heterocycles. The molecule has 1 atom stereocenters. The molecule has 0 aromatic carbocycles. The van der Waals surface area contributed by atoms with Gasteiger partial charge in [-0.1, -0.05) is 25.4 Å². The Labute approximate surface area is 118 Å². The average molecular weight is 283 g/mol. The third kappa shape index (κ3) is 2.82. The van der Waals surface area contributed by atoms with Crippen molar-refractivity contribution >= 4 is 23.3 Å². The van der Waals surface area contributed by atoms with E-state index in [1.54, 1.807) is 6.07 Å². The van der Waals surface area contributed by atoms with Crippen molar-refractivity contribution in [3.63, 3.8) is 0 Å². The molecule has 19 heavy (non-hydrogen) atoms. The van der Waals surface area contributed by atoms with Crippen LogP contribution in [-0.2, 0) is 0 Å². The van der Waals surface area contributed by atoms with E-state index in [2.05, 4.69) is 24.3 Å². The summed E-state index contributed by atoms with van der Waals surface area (Å²) >= 11 is 6.00. The molecule has 104 valence electrons. The molecule has 2 heterocycles. The first-order chi connectivity index (χ1) is 9.04. The summed E-state index contributed by atoms with van der Waals surface area (Å²) < 4.78 is 0. The van der Waals surface area contributed by atoms with Crippen molar-refractivity contribution in [3.05, 3.63) is 22.8 Å². The van der Waals surface area contributed by atoms with Gasteiger partial charge in [0.05, 0.1) is 10.6 Å². The zero-order valence-electron chi connectivity index (χ0n) is 11.2. The van der Waals surface area contributed by atoms with Crippen molar-refractivity contribution in [1.82, 2.24) is 9.88 Å². The van der Waals surface area contributed by atoms with Crippen LogP contribution in [0.5, 0.6) is 0 Å². The number of pyridine rings is 1. The number of hydrogen-bond acceptors (Lipinski definition) is 4. The van der Waals surface area contributed by atoms with E-state index in [-0.39, 0.29) is 5.91 Å². The van der Waals surface area contributed by atoms with Crippen molar-refractivity contribution in [2.24, 2.45) is 11.8 Å².